The lowest BCUT2D eigenvalue weighted by Crippen LogP contribution is -2.59. The van der Waals surface area contributed by atoms with Crippen molar-refractivity contribution in [3.05, 3.63) is 35.8 Å². The lowest BCUT2D eigenvalue weighted by atomic mass is 9.96. The van der Waals surface area contributed by atoms with Crippen molar-refractivity contribution in [2.45, 2.75) is 27.7 Å². The Morgan fingerprint density at radius 3 is 2.68 bits per heavy atom. The monoisotopic (exact) mass is 280 g/mol. The van der Waals surface area contributed by atoms with Crippen molar-refractivity contribution in [3.8, 4) is 0 Å². The molecule has 0 bridgehead atoms. The number of nitrogens with zero attached hydrogens (tertiary/aromatic N) is 2. The number of allylic oxidation sites excluding steroid dienone is 4. The summed E-state index contributed by atoms with van der Waals surface area (Å²) >= 11 is 5.92. The normalized spacial score (nSPS) is 25.4. The molecule has 4 nitrogen and oxygen atoms in total. The molecule has 0 fully saturated rings. The van der Waals surface area contributed by atoms with E-state index >= 15 is 0 Å². The van der Waals surface area contributed by atoms with Crippen LogP contribution in [0.25, 0.3) is 0 Å². The summed E-state index contributed by atoms with van der Waals surface area (Å²) in [6.45, 7) is 7.61. The predicted molar refractivity (Wildman–Crippen MR) is 77.0 cm³/mol. The summed E-state index contributed by atoms with van der Waals surface area (Å²) in [5.74, 6) is 1.08. The van der Waals surface area contributed by atoms with Crippen LogP contribution in [0.3, 0.4) is 0 Å². The van der Waals surface area contributed by atoms with Gasteiger partial charge in [-0.05, 0) is 12.2 Å². The average molecular weight is 281 g/mol. The third kappa shape index (κ3) is 2.26. The van der Waals surface area contributed by atoms with Crippen LogP contribution in [-0.4, -0.2) is 22.2 Å². The summed E-state index contributed by atoms with van der Waals surface area (Å²) in [6.07, 6.45) is 7.62. The molecule has 5 heteroatoms. The predicted octanol–water partition coefficient (Wildman–Crippen LogP) is 2.85. The molecule has 1 amide bonds. The summed E-state index contributed by atoms with van der Waals surface area (Å²) in [4.78, 5) is 16.8. The topological polar surface area (TPSA) is 41.5 Å². The molecule has 2 rings (SSSR count). The molecule has 2 aliphatic heterocycles. The van der Waals surface area contributed by atoms with E-state index < -0.39 is 5.41 Å². The number of alkyl halides is 1. The van der Waals surface area contributed by atoms with Crippen LogP contribution >= 0.6 is 11.6 Å². The van der Waals surface area contributed by atoms with E-state index in [-0.39, 0.29) is 10.5 Å². The number of hydrogen-bond acceptors (Lipinski definition) is 2. The first-order valence-electron chi connectivity index (χ1n) is 6.24. The zero-order valence-electron chi connectivity index (χ0n) is 11.7. The molecule has 2 aliphatic rings. The number of hydrogen-bond donors (Lipinski definition) is 1. The zero-order valence-corrected chi connectivity index (χ0v) is 12.5. The van der Waals surface area contributed by atoms with E-state index in [4.69, 9.17) is 11.6 Å². The number of carbonyl (C=O) groups excluding carboxylic acids is 1. The maximum Gasteiger partial charge on any atom is 0.271 e. The van der Waals surface area contributed by atoms with Gasteiger partial charge in [0.2, 0.25) is 0 Å². The van der Waals surface area contributed by atoms with Crippen molar-refractivity contribution in [2.75, 3.05) is 5.88 Å². The Morgan fingerprint density at radius 2 is 2.11 bits per heavy atom. The average Bonchev–Trinajstić information content (AvgIpc) is 2.62. The van der Waals surface area contributed by atoms with Gasteiger partial charge in [-0.2, -0.15) is 10.4 Å². The highest BCUT2D eigenvalue weighted by Crippen LogP contribution is 2.32. The molecule has 1 atom stereocenters. The molecule has 0 saturated heterocycles. The molecule has 1 N–H and O–H groups in total. The minimum atomic E-state index is -0.461. The third-order valence-electron chi connectivity index (χ3n) is 3.31. The second-order valence-electron chi connectivity index (χ2n) is 5.75. The fraction of sp³-hybridized carbons (Fsp3) is 0.429. The van der Waals surface area contributed by atoms with Crippen molar-refractivity contribution < 1.29 is 9.39 Å². The number of fused-ring (bicyclic) bond motifs is 1. The Balaban J connectivity index is 2.42. The van der Waals surface area contributed by atoms with Crippen LogP contribution in [0.1, 0.15) is 27.7 Å². The van der Waals surface area contributed by atoms with Gasteiger partial charge in [0.25, 0.3) is 11.7 Å². The van der Waals surface area contributed by atoms with Crippen LogP contribution in [0.15, 0.2) is 40.8 Å². The molecule has 0 radical (unpaired) electrons. The van der Waals surface area contributed by atoms with Crippen LogP contribution in [0.5, 0.6) is 0 Å². The number of rotatable bonds is 2. The maximum atomic E-state index is 12.3. The minimum Gasteiger partial charge on any atom is -0.269 e. The van der Waals surface area contributed by atoms with E-state index in [1.165, 1.54) is 0 Å². The second-order valence-corrected chi connectivity index (χ2v) is 6.02. The maximum absolute atomic E-state index is 12.3. The lowest BCUT2D eigenvalue weighted by Gasteiger charge is -2.33. The van der Waals surface area contributed by atoms with Gasteiger partial charge in [-0.25, -0.2) is 0 Å². The van der Waals surface area contributed by atoms with Crippen LogP contribution < -0.4 is 5.43 Å². The molecule has 0 spiro atoms. The number of quaternary nitrogens is 1. The number of amidine groups is 1. The van der Waals surface area contributed by atoms with E-state index in [0.29, 0.717) is 5.88 Å². The number of halogens is 1. The van der Waals surface area contributed by atoms with E-state index in [1.54, 1.807) is 0 Å². The molecule has 0 aliphatic carbocycles. The van der Waals surface area contributed by atoms with Crippen molar-refractivity contribution in [3.63, 3.8) is 0 Å². The SMILES string of the molecule is CC1=C(CCl)N=C2C=CC=C[N+]21NC(=O)C(C)(C)C. The second kappa shape index (κ2) is 4.62. The largest absolute Gasteiger partial charge is 0.271 e. The van der Waals surface area contributed by atoms with Crippen LogP contribution in [-0.2, 0) is 4.79 Å². The minimum absolute atomic E-state index is 0.0321. The molecule has 1 unspecified atom stereocenters. The lowest BCUT2D eigenvalue weighted by molar-refractivity contribution is -0.784. The van der Waals surface area contributed by atoms with E-state index in [0.717, 1.165) is 17.2 Å². The van der Waals surface area contributed by atoms with E-state index in [1.807, 2.05) is 52.1 Å². The van der Waals surface area contributed by atoms with Crippen molar-refractivity contribution in [2.24, 2.45) is 10.4 Å². The van der Waals surface area contributed by atoms with Crippen LogP contribution in [0, 0.1) is 5.41 Å². The smallest absolute Gasteiger partial charge is 0.269 e. The molecular weight excluding hydrogens is 262 g/mol. The standard InChI is InChI=1S/C14H18ClN3O/c1-10-11(9-15)16-12-7-5-6-8-18(10,12)17-13(19)14(2,3)4/h5-8H,9H2,1-4H3/p+1. The first kappa shape index (κ1) is 14.0. The van der Waals surface area contributed by atoms with Gasteiger partial charge in [-0.15, -0.1) is 16.2 Å². The summed E-state index contributed by atoms with van der Waals surface area (Å²) in [7, 11) is 0. The van der Waals surface area contributed by atoms with E-state index in [2.05, 4.69) is 10.4 Å². The Morgan fingerprint density at radius 1 is 1.42 bits per heavy atom. The number of amides is 1. The van der Waals surface area contributed by atoms with Gasteiger partial charge in [-0.1, -0.05) is 20.8 Å². The molecule has 102 valence electrons. The first-order valence-corrected chi connectivity index (χ1v) is 6.77. The Hall–Kier alpha value is -1.39. The first-order chi connectivity index (χ1) is 8.81. The summed E-state index contributed by atoms with van der Waals surface area (Å²) in [5.41, 5.74) is 4.34. The fourth-order valence-electron chi connectivity index (χ4n) is 1.97. The van der Waals surface area contributed by atoms with Gasteiger partial charge in [0.15, 0.2) is 5.70 Å². The van der Waals surface area contributed by atoms with Crippen LogP contribution in [0.2, 0.25) is 0 Å². The van der Waals surface area contributed by atoms with E-state index in [9.17, 15) is 4.79 Å². The summed E-state index contributed by atoms with van der Waals surface area (Å²) < 4.78 is 0.147. The molecule has 0 aromatic carbocycles. The van der Waals surface area contributed by atoms with Gasteiger partial charge >= 0.3 is 0 Å². The van der Waals surface area contributed by atoms with Crippen molar-refractivity contribution in [1.29, 1.82) is 0 Å². The highest BCUT2D eigenvalue weighted by molar-refractivity contribution is 6.19. The Bertz CT molecular complexity index is 533. The van der Waals surface area contributed by atoms with Gasteiger partial charge in [-0.3, -0.25) is 4.79 Å². The number of carbonyl (C=O) groups is 1. The Labute approximate surface area is 118 Å². The van der Waals surface area contributed by atoms with Crippen molar-refractivity contribution >= 4 is 23.3 Å². The highest BCUT2D eigenvalue weighted by Gasteiger charge is 2.45. The van der Waals surface area contributed by atoms with Gasteiger partial charge in [0.05, 0.1) is 5.88 Å². The molecule has 0 saturated carbocycles. The fourth-order valence-corrected chi connectivity index (χ4v) is 2.22. The third-order valence-corrected chi connectivity index (χ3v) is 3.56. The highest BCUT2D eigenvalue weighted by atomic mass is 35.5. The van der Waals surface area contributed by atoms with Gasteiger partial charge < -0.3 is 0 Å². The van der Waals surface area contributed by atoms with Crippen LogP contribution in [0.4, 0.5) is 0 Å². The number of nitrogens with one attached hydrogen (secondary N) is 1. The quantitative estimate of drug-likeness (QED) is 0.613. The molecule has 19 heavy (non-hydrogen) atoms. The van der Waals surface area contributed by atoms with Gasteiger partial charge in [0, 0.05) is 18.4 Å². The summed E-state index contributed by atoms with van der Waals surface area (Å²) in [5, 5.41) is 0. The zero-order chi connectivity index (χ0) is 14.3. The Kier molecular flexibility index (Phi) is 3.41. The van der Waals surface area contributed by atoms with Crippen molar-refractivity contribution in [1.82, 2.24) is 5.43 Å². The summed E-state index contributed by atoms with van der Waals surface area (Å²) in [6, 6.07) is 0. The molecule has 0 aromatic heterocycles. The number of aliphatic imine (C=N–C) groups is 1. The molecular formula is C14H19ClN3O+. The van der Waals surface area contributed by atoms with Gasteiger partial charge in [0.1, 0.15) is 11.9 Å². The molecule has 0 aromatic rings. The molecule has 2 heterocycles.